The minimum atomic E-state index is -1.24. The molecule has 5 rings (SSSR count). The highest BCUT2D eigenvalue weighted by Crippen LogP contribution is 2.42. The van der Waals surface area contributed by atoms with Gasteiger partial charge in [-0.15, -0.1) is 0 Å². The number of carboxylic acids is 1. The van der Waals surface area contributed by atoms with Crippen LogP contribution in [0.1, 0.15) is 68.6 Å². The second-order valence-electron chi connectivity index (χ2n) is 12.4. The van der Waals surface area contributed by atoms with Crippen LogP contribution >= 0.6 is 11.7 Å². The topological polar surface area (TPSA) is 117 Å². The van der Waals surface area contributed by atoms with Crippen molar-refractivity contribution in [2.75, 3.05) is 0 Å². The van der Waals surface area contributed by atoms with Crippen LogP contribution in [0.3, 0.4) is 0 Å². The van der Waals surface area contributed by atoms with E-state index in [0.717, 1.165) is 17.3 Å². The lowest BCUT2D eigenvalue weighted by atomic mass is 9.89. The van der Waals surface area contributed by atoms with E-state index in [2.05, 4.69) is 8.75 Å². The molecule has 0 fully saturated rings. The molecule has 9 nitrogen and oxygen atoms in total. The number of carbonyl (C=O) groups is 2. The van der Waals surface area contributed by atoms with E-state index in [0.29, 0.717) is 57.3 Å². The lowest BCUT2D eigenvalue weighted by Gasteiger charge is -2.23. The van der Waals surface area contributed by atoms with Gasteiger partial charge in [-0.1, -0.05) is 36.4 Å². The third-order valence-corrected chi connectivity index (χ3v) is 7.79. The fourth-order valence-electron chi connectivity index (χ4n) is 5.24. The molecule has 49 heavy (non-hydrogen) atoms. The zero-order valence-corrected chi connectivity index (χ0v) is 29.2. The molecule has 0 atom stereocenters. The van der Waals surface area contributed by atoms with Crippen LogP contribution < -0.4 is 18.9 Å². The minimum Gasteiger partial charge on any atom is -0.489 e. The van der Waals surface area contributed by atoms with Crippen molar-refractivity contribution in [3.05, 3.63) is 113 Å². The molecule has 0 radical (unpaired) electrons. The van der Waals surface area contributed by atoms with Gasteiger partial charge in [0.05, 0.1) is 35.6 Å². The van der Waals surface area contributed by atoms with Crippen molar-refractivity contribution in [3.8, 4) is 23.0 Å². The molecular formula is C39H40N2O7S. The Morgan fingerprint density at radius 3 is 1.88 bits per heavy atom. The predicted octanol–water partition coefficient (Wildman–Crippen LogP) is 8.60. The molecule has 0 spiro atoms. The number of Topliss-reactive ketones (excluding diaryl/α,β-unsaturated/α-hetero) is 1. The molecule has 1 aromatic heterocycles. The number of hydrogen-bond donors (Lipinski definition) is 1. The molecule has 254 valence electrons. The normalized spacial score (nSPS) is 11.9. The molecule has 10 heteroatoms. The molecule has 1 heterocycles. The zero-order chi connectivity index (χ0) is 35.1. The van der Waals surface area contributed by atoms with Crippen LogP contribution in [0.15, 0.2) is 90.5 Å². The number of hydrogen-bond acceptors (Lipinski definition) is 9. The maximum Gasteiger partial charge on any atom is 0.336 e. The minimum absolute atomic E-state index is 0.0368. The summed E-state index contributed by atoms with van der Waals surface area (Å²) in [5.74, 6) is 0.224. The maximum atomic E-state index is 14.4. The van der Waals surface area contributed by atoms with E-state index < -0.39 is 11.8 Å². The van der Waals surface area contributed by atoms with Crippen molar-refractivity contribution >= 4 is 40.1 Å². The van der Waals surface area contributed by atoms with Gasteiger partial charge in [0.1, 0.15) is 23.4 Å². The summed E-state index contributed by atoms with van der Waals surface area (Å²) in [6, 6.07) is 25.1. The van der Waals surface area contributed by atoms with E-state index in [4.69, 9.17) is 18.9 Å². The van der Waals surface area contributed by atoms with E-state index in [1.54, 1.807) is 54.6 Å². The average molecular weight is 681 g/mol. The first-order valence-electron chi connectivity index (χ1n) is 16.2. The molecule has 4 aromatic carbocycles. The Labute approximate surface area is 290 Å². The number of carbonyl (C=O) groups excluding carboxylic acids is 1. The molecule has 5 aromatic rings. The number of ketones is 1. The van der Waals surface area contributed by atoms with Crippen LogP contribution in [-0.4, -0.2) is 43.9 Å². The second kappa shape index (κ2) is 15.8. The molecule has 0 unspecified atom stereocenters. The highest BCUT2D eigenvalue weighted by molar-refractivity contribution is 7.00. The lowest BCUT2D eigenvalue weighted by molar-refractivity contribution is -0.130. The van der Waals surface area contributed by atoms with Gasteiger partial charge in [-0.3, -0.25) is 4.79 Å². The van der Waals surface area contributed by atoms with Crippen molar-refractivity contribution in [1.29, 1.82) is 0 Å². The van der Waals surface area contributed by atoms with Crippen LogP contribution in [0.25, 0.3) is 16.6 Å². The maximum absolute atomic E-state index is 14.4. The van der Waals surface area contributed by atoms with Crippen LogP contribution in [-0.2, 0) is 17.8 Å². The molecule has 0 amide bonds. The fraction of sp³-hybridized carbons (Fsp3) is 0.282. The third kappa shape index (κ3) is 9.03. The van der Waals surface area contributed by atoms with Crippen LogP contribution in [0.4, 0.5) is 0 Å². The van der Waals surface area contributed by atoms with Gasteiger partial charge < -0.3 is 24.1 Å². The summed E-state index contributed by atoms with van der Waals surface area (Å²) in [6.45, 7) is 11.8. The molecule has 0 aliphatic heterocycles. The smallest absolute Gasteiger partial charge is 0.336 e. The van der Waals surface area contributed by atoms with Crippen molar-refractivity contribution in [1.82, 2.24) is 8.75 Å². The Hall–Kier alpha value is -5.22. The van der Waals surface area contributed by atoms with E-state index in [-0.39, 0.29) is 35.9 Å². The monoisotopic (exact) mass is 680 g/mol. The van der Waals surface area contributed by atoms with Gasteiger partial charge in [-0.25, -0.2) is 4.79 Å². The first kappa shape index (κ1) is 35.1. The van der Waals surface area contributed by atoms with Crippen LogP contribution in [0.2, 0.25) is 0 Å². The van der Waals surface area contributed by atoms with Gasteiger partial charge in [0.25, 0.3) is 0 Å². The van der Waals surface area contributed by atoms with Crippen molar-refractivity contribution in [2.45, 2.75) is 72.9 Å². The molecule has 0 saturated carbocycles. The number of carboxylic acid groups (broad SMARTS) is 1. The first-order valence-corrected chi connectivity index (χ1v) is 16.9. The van der Waals surface area contributed by atoms with Gasteiger partial charge in [0, 0.05) is 17.6 Å². The van der Waals surface area contributed by atoms with Crippen LogP contribution in [0, 0.1) is 0 Å². The van der Waals surface area contributed by atoms with Gasteiger partial charge >= 0.3 is 5.97 Å². The highest BCUT2D eigenvalue weighted by Gasteiger charge is 2.26. The molecule has 0 bridgehead atoms. The average Bonchev–Trinajstić information content (AvgIpc) is 3.53. The standard InChI is InChI=1S/C39H40N2O7S/c1-23(2)46-34-19-27(20-35(47-24(3)4)38(34)48-25(5)6)18-31(36(39(43)44)29-14-17-32-33(21-29)41-49-40-32)37(42)28-12-15-30(16-13-28)45-22-26-10-8-7-9-11-26/h7-17,19-21,23-25H,18,22H2,1-6H3,(H,43,44). The summed E-state index contributed by atoms with van der Waals surface area (Å²) in [5.41, 5.74) is 3.42. The lowest BCUT2D eigenvalue weighted by Crippen LogP contribution is -2.16. The van der Waals surface area contributed by atoms with Crippen molar-refractivity contribution in [3.63, 3.8) is 0 Å². The molecule has 1 N–H and O–H groups in total. The van der Waals surface area contributed by atoms with Crippen molar-refractivity contribution < 1.29 is 33.6 Å². The number of allylic oxidation sites excluding steroid dienone is 1. The van der Waals surface area contributed by atoms with Gasteiger partial charge in [0.15, 0.2) is 17.3 Å². The summed E-state index contributed by atoms with van der Waals surface area (Å²) < 4.78 is 33.0. The number of aliphatic carboxylic acids is 1. The number of rotatable bonds is 15. The largest absolute Gasteiger partial charge is 0.489 e. The van der Waals surface area contributed by atoms with E-state index in [9.17, 15) is 14.7 Å². The SMILES string of the molecule is CC(C)Oc1cc(CC(C(=O)c2ccc(OCc3ccccc3)cc2)=C(C(=O)O)c2ccc3nsnc3c2)cc(OC(C)C)c1OC(C)C. The summed E-state index contributed by atoms with van der Waals surface area (Å²) in [7, 11) is 0. The fourth-order valence-corrected chi connectivity index (χ4v) is 5.75. The Morgan fingerprint density at radius 2 is 1.29 bits per heavy atom. The quantitative estimate of drug-likeness (QED) is 0.0857. The Kier molecular flexibility index (Phi) is 11.3. The zero-order valence-electron chi connectivity index (χ0n) is 28.4. The van der Waals surface area contributed by atoms with Gasteiger partial charge in [-0.2, -0.15) is 8.75 Å². The number of ether oxygens (including phenoxy) is 4. The number of nitrogens with zero attached hydrogens (tertiary/aromatic N) is 2. The van der Waals surface area contributed by atoms with Crippen LogP contribution in [0.5, 0.6) is 23.0 Å². The Bertz CT molecular complexity index is 1920. The second-order valence-corrected chi connectivity index (χ2v) is 12.9. The van der Waals surface area contributed by atoms with Gasteiger partial charge in [-0.05, 0) is 107 Å². The number of fused-ring (bicyclic) bond motifs is 1. The molecule has 0 aliphatic carbocycles. The van der Waals surface area contributed by atoms with Crippen molar-refractivity contribution in [2.24, 2.45) is 0 Å². The Balaban J connectivity index is 1.61. The van der Waals surface area contributed by atoms with E-state index >= 15 is 0 Å². The highest BCUT2D eigenvalue weighted by atomic mass is 32.1. The number of benzene rings is 4. The predicted molar refractivity (Wildman–Crippen MR) is 191 cm³/mol. The molecule has 0 saturated heterocycles. The number of aromatic nitrogens is 2. The van der Waals surface area contributed by atoms with E-state index in [1.807, 2.05) is 71.9 Å². The summed E-state index contributed by atoms with van der Waals surface area (Å²) in [6.07, 6.45) is -0.585. The summed E-state index contributed by atoms with van der Waals surface area (Å²) in [4.78, 5) is 27.5. The Morgan fingerprint density at radius 1 is 0.694 bits per heavy atom. The third-order valence-electron chi connectivity index (χ3n) is 7.24. The summed E-state index contributed by atoms with van der Waals surface area (Å²) in [5, 5.41) is 10.7. The van der Waals surface area contributed by atoms with E-state index in [1.165, 1.54) is 0 Å². The summed E-state index contributed by atoms with van der Waals surface area (Å²) >= 11 is 1.04. The molecule has 0 aliphatic rings. The first-order chi connectivity index (χ1) is 23.5. The molecular weight excluding hydrogens is 641 g/mol. The van der Waals surface area contributed by atoms with Gasteiger partial charge in [0.2, 0.25) is 5.75 Å².